The number of methoxy groups -OCH3 is 1. The molecule has 0 spiro atoms. The number of para-hydroxylation sites is 3. The summed E-state index contributed by atoms with van der Waals surface area (Å²) in [4.78, 5) is 23.8. The average molecular weight is 329 g/mol. The van der Waals surface area contributed by atoms with E-state index in [9.17, 15) is 9.59 Å². The van der Waals surface area contributed by atoms with Gasteiger partial charge in [0.1, 0.15) is 0 Å². The number of ether oxygens (including phenoxy) is 3. The fourth-order valence-electron chi connectivity index (χ4n) is 1.92. The molecule has 2 rings (SSSR count). The molecule has 1 atom stereocenters. The number of amides is 1. The number of nitrogens with one attached hydrogen (secondary N) is 1. The van der Waals surface area contributed by atoms with Gasteiger partial charge >= 0.3 is 5.97 Å². The molecule has 2 aromatic carbocycles. The Labute approximate surface area is 140 Å². The first kappa shape index (κ1) is 17.3. The lowest BCUT2D eigenvalue weighted by Crippen LogP contribution is -2.31. The first-order valence-electron chi connectivity index (χ1n) is 7.41. The number of anilines is 1. The van der Waals surface area contributed by atoms with Gasteiger partial charge in [-0.2, -0.15) is 0 Å². The van der Waals surface area contributed by atoms with Gasteiger partial charge in [0.15, 0.2) is 24.2 Å². The lowest BCUT2D eigenvalue weighted by Gasteiger charge is -2.14. The smallest absolute Gasteiger partial charge is 0.344 e. The minimum Gasteiger partial charge on any atom is -0.493 e. The SMILES string of the molecule is COc1ccccc1OCC(=O)O[C@H](C)C(=O)Nc1ccccc1. The monoisotopic (exact) mass is 329 g/mol. The molecule has 126 valence electrons. The highest BCUT2D eigenvalue weighted by atomic mass is 16.6. The maximum atomic E-state index is 12.0. The zero-order valence-electron chi connectivity index (χ0n) is 13.5. The van der Waals surface area contributed by atoms with E-state index in [0.717, 1.165) is 0 Å². The molecule has 0 heterocycles. The van der Waals surface area contributed by atoms with E-state index in [1.165, 1.54) is 14.0 Å². The number of carbonyl (C=O) groups excluding carboxylic acids is 2. The van der Waals surface area contributed by atoms with Crippen molar-refractivity contribution in [2.45, 2.75) is 13.0 Å². The molecular formula is C18H19NO5. The molecule has 24 heavy (non-hydrogen) atoms. The van der Waals surface area contributed by atoms with Crippen molar-refractivity contribution in [3.05, 3.63) is 54.6 Å². The fourth-order valence-corrected chi connectivity index (χ4v) is 1.92. The van der Waals surface area contributed by atoms with Crippen LogP contribution in [0.15, 0.2) is 54.6 Å². The van der Waals surface area contributed by atoms with Crippen LogP contribution in [0.5, 0.6) is 11.5 Å². The predicted octanol–water partition coefficient (Wildman–Crippen LogP) is 2.64. The molecule has 0 bridgehead atoms. The third kappa shape index (κ3) is 5.01. The van der Waals surface area contributed by atoms with Crippen molar-refractivity contribution in [1.29, 1.82) is 0 Å². The summed E-state index contributed by atoms with van der Waals surface area (Å²) in [7, 11) is 1.51. The second kappa shape index (κ2) is 8.57. The molecular weight excluding hydrogens is 310 g/mol. The first-order valence-corrected chi connectivity index (χ1v) is 7.41. The number of hydrogen-bond donors (Lipinski definition) is 1. The van der Waals surface area contributed by atoms with Gasteiger partial charge in [0, 0.05) is 5.69 Å². The Morgan fingerprint density at radius 3 is 2.29 bits per heavy atom. The molecule has 0 aromatic heterocycles. The summed E-state index contributed by atoms with van der Waals surface area (Å²) < 4.78 is 15.5. The summed E-state index contributed by atoms with van der Waals surface area (Å²) in [6.07, 6.45) is -0.932. The fraction of sp³-hybridized carbons (Fsp3) is 0.222. The van der Waals surface area contributed by atoms with Gasteiger partial charge in [-0.25, -0.2) is 4.79 Å². The lowest BCUT2D eigenvalue weighted by molar-refractivity contribution is -0.155. The number of carbonyl (C=O) groups is 2. The van der Waals surface area contributed by atoms with E-state index in [1.54, 1.807) is 48.5 Å². The van der Waals surface area contributed by atoms with Crippen molar-refractivity contribution in [1.82, 2.24) is 0 Å². The van der Waals surface area contributed by atoms with Gasteiger partial charge in [0.05, 0.1) is 7.11 Å². The van der Waals surface area contributed by atoms with Gasteiger partial charge in [0.25, 0.3) is 5.91 Å². The van der Waals surface area contributed by atoms with Gasteiger partial charge in [-0.15, -0.1) is 0 Å². The normalized spacial score (nSPS) is 11.2. The molecule has 0 unspecified atom stereocenters. The first-order chi connectivity index (χ1) is 11.6. The highest BCUT2D eigenvalue weighted by Crippen LogP contribution is 2.25. The Kier molecular flexibility index (Phi) is 6.19. The molecule has 6 nitrogen and oxygen atoms in total. The third-order valence-electron chi connectivity index (χ3n) is 3.13. The summed E-state index contributed by atoms with van der Waals surface area (Å²) in [6.45, 7) is 1.18. The Hall–Kier alpha value is -3.02. The second-order valence-electron chi connectivity index (χ2n) is 4.93. The van der Waals surface area contributed by atoms with Crippen LogP contribution in [-0.2, 0) is 14.3 Å². The standard InChI is InChI=1S/C18H19NO5/c1-13(18(21)19-14-8-4-3-5-9-14)24-17(20)12-23-16-11-7-6-10-15(16)22-2/h3-11,13H,12H2,1-2H3,(H,19,21)/t13-/m1/s1. The highest BCUT2D eigenvalue weighted by molar-refractivity contribution is 5.95. The number of esters is 1. The van der Waals surface area contributed by atoms with Crippen LogP contribution in [0, 0.1) is 0 Å². The van der Waals surface area contributed by atoms with Gasteiger partial charge in [-0.3, -0.25) is 4.79 Å². The summed E-state index contributed by atoms with van der Waals surface area (Å²) >= 11 is 0. The second-order valence-corrected chi connectivity index (χ2v) is 4.93. The van der Waals surface area contributed by atoms with Crippen LogP contribution in [0.1, 0.15) is 6.92 Å². The zero-order chi connectivity index (χ0) is 17.4. The topological polar surface area (TPSA) is 73.9 Å². The average Bonchev–Trinajstić information content (AvgIpc) is 2.61. The van der Waals surface area contributed by atoms with E-state index in [0.29, 0.717) is 17.2 Å². The maximum absolute atomic E-state index is 12.0. The molecule has 1 N–H and O–H groups in total. The van der Waals surface area contributed by atoms with E-state index < -0.39 is 18.0 Å². The van der Waals surface area contributed by atoms with Crippen LogP contribution in [0.25, 0.3) is 0 Å². The van der Waals surface area contributed by atoms with Gasteiger partial charge in [0.2, 0.25) is 0 Å². The molecule has 0 aliphatic carbocycles. The van der Waals surface area contributed by atoms with Crippen LogP contribution in [0.4, 0.5) is 5.69 Å². The maximum Gasteiger partial charge on any atom is 0.344 e. The highest BCUT2D eigenvalue weighted by Gasteiger charge is 2.18. The lowest BCUT2D eigenvalue weighted by atomic mass is 10.3. The van der Waals surface area contributed by atoms with Crippen molar-refractivity contribution in [3.8, 4) is 11.5 Å². The molecule has 0 fully saturated rings. The Morgan fingerprint density at radius 1 is 1.00 bits per heavy atom. The number of hydrogen-bond acceptors (Lipinski definition) is 5. The van der Waals surface area contributed by atoms with Crippen LogP contribution in [-0.4, -0.2) is 31.7 Å². The third-order valence-corrected chi connectivity index (χ3v) is 3.13. The van der Waals surface area contributed by atoms with E-state index in [-0.39, 0.29) is 6.61 Å². The number of rotatable bonds is 7. The molecule has 0 saturated heterocycles. The minimum absolute atomic E-state index is 0.316. The molecule has 0 saturated carbocycles. The zero-order valence-corrected chi connectivity index (χ0v) is 13.5. The number of benzene rings is 2. The van der Waals surface area contributed by atoms with Crippen molar-refractivity contribution < 1.29 is 23.8 Å². The van der Waals surface area contributed by atoms with Crippen molar-refractivity contribution in [2.75, 3.05) is 19.0 Å². The molecule has 0 aliphatic rings. The largest absolute Gasteiger partial charge is 0.493 e. The Balaban J connectivity index is 1.82. The van der Waals surface area contributed by atoms with Crippen LogP contribution in [0.2, 0.25) is 0 Å². The molecule has 1 amide bonds. The van der Waals surface area contributed by atoms with Crippen LogP contribution >= 0.6 is 0 Å². The minimum atomic E-state index is -0.932. The van der Waals surface area contributed by atoms with Crippen LogP contribution in [0.3, 0.4) is 0 Å². The van der Waals surface area contributed by atoms with E-state index >= 15 is 0 Å². The van der Waals surface area contributed by atoms with Gasteiger partial charge in [-0.1, -0.05) is 30.3 Å². The molecule has 6 heteroatoms. The van der Waals surface area contributed by atoms with E-state index in [2.05, 4.69) is 5.32 Å². The molecule has 2 aromatic rings. The Morgan fingerprint density at radius 2 is 1.62 bits per heavy atom. The van der Waals surface area contributed by atoms with Crippen molar-refractivity contribution in [3.63, 3.8) is 0 Å². The summed E-state index contributed by atoms with van der Waals surface area (Å²) in [5, 5.41) is 2.66. The van der Waals surface area contributed by atoms with Crippen LogP contribution < -0.4 is 14.8 Å². The van der Waals surface area contributed by atoms with E-state index in [1.807, 2.05) is 6.07 Å². The summed E-state index contributed by atoms with van der Waals surface area (Å²) in [5.41, 5.74) is 0.635. The molecule has 0 aliphatic heterocycles. The van der Waals surface area contributed by atoms with Gasteiger partial charge in [-0.05, 0) is 31.2 Å². The van der Waals surface area contributed by atoms with Crippen molar-refractivity contribution >= 4 is 17.6 Å². The predicted molar refractivity (Wildman–Crippen MR) is 89.1 cm³/mol. The summed E-state index contributed by atoms with van der Waals surface area (Å²) in [5.74, 6) is -0.109. The molecule has 0 radical (unpaired) electrons. The summed E-state index contributed by atoms with van der Waals surface area (Å²) in [6, 6.07) is 15.9. The van der Waals surface area contributed by atoms with Crippen molar-refractivity contribution in [2.24, 2.45) is 0 Å². The van der Waals surface area contributed by atoms with Gasteiger partial charge < -0.3 is 19.5 Å². The Bertz CT molecular complexity index is 687. The van der Waals surface area contributed by atoms with E-state index in [4.69, 9.17) is 14.2 Å². The quantitative estimate of drug-likeness (QED) is 0.791.